The molecule has 0 saturated heterocycles. The van der Waals surface area contributed by atoms with Gasteiger partial charge >= 0.3 is 0 Å². The summed E-state index contributed by atoms with van der Waals surface area (Å²) < 4.78 is 5.87. The molecular formula is C23H20Cl2N2O3. The molecule has 30 heavy (non-hydrogen) atoms. The van der Waals surface area contributed by atoms with Crippen LogP contribution in [0.25, 0.3) is 0 Å². The van der Waals surface area contributed by atoms with Gasteiger partial charge in [-0.1, -0.05) is 59.1 Å². The number of aryl methyl sites for hydroxylation is 1. The molecule has 0 bridgehead atoms. The Labute approximate surface area is 184 Å². The Balaban J connectivity index is 1.48. The third-order valence-corrected chi connectivity index (χ3v) is 5.77. The van der Waals surface area contributed by atoms with Gasteiger partial charge in [0.05, 0.1) is 15.0 Å². The van der Waals surface area contributed by atoms with Gasteiger partial charge in [-0.05, 0) is 42.2 Å². The molecule has 1 aliphatic rings. The molecule has 3 aromatic rings. The van der Waals surface area contributed by atoms with Gasteiger partial charge in [-0.3, -0.25) is 15.0 Å². The molecule has 0 saturated carbocycles. The van der Waals surface area contributed by atoms with E-state index < -0.39 is 4.92 Å². The molecule has 0 N–H and O–H groups in total. The lowest BCUT2D eigenvalue weighted by Crippen LogP contribution is -2.30. The van der Waals surface area contributed by atoms with Crippen LogP contribution in [-0.2, 0) is 19.5 Å². The number of hydrogen-bond donors (Lipinski definition) is 0. The zero-order valence-electron chi connectivity index (χ0n) is 16.4. The van der Waals surface area contributed by atoms with Gasteiger partial charge in [0.25, 0.3) is 5.69 Å². The van der Waals surface area contributed by atoms with Crippen LogP contribution in [0, 0.1) is 17.0 Å². The van der Waals surface area contributed by atoms with Crippen molar-refractivity contribution in [1.82, 2.24) is 4.90 Å². The van der Waals surface area contributed by atoms with E-state index in [0.717, 1.165) is 26.1 Å². The van der Waals surface area contributed by atoms with Crippen molar-refractivity contribution in [3.63, 3.8) is 0 Å². The Morgan fingerprint density at radius 1 is 1.03 bits per heavy atom. The largest absolute Gasteiger partial charge is 0.454 e. The monoisotopic (exact) mass is 442 g/mol. The van der Waals surface area contributed by atoms with Crippen molar-refractivity contribution in [2.24, 2.45) is 0 Å². The quantitative estimate of drug-likeness (QED) is 0.331. The van der Waals surface area contributed by atoms with Crippen LogP contribution in [0.3, 0.4) is 0 Å². The van der Waals surface area contributed by atoms with Crippen molar-refractivity contribution in [2.45, 2.75) is 26.4 Å². The number of nitro benzene ring substituents is 1. The second kappa shape index (κ2) is 8.64. The van der Waals surface area contributed by atoms with Gasteiger partial charge in [0.1, 0.15) is 5.75 Å². The highest BCUT2D eigenvalue weighted by Gasteiger charge is 2.19. The van der Waals surface area contributed by atoms with Crippen molar-refractivity contribution in [1.29, 1.82) is 0 Å². The van der Waals surface area contributed by atoms with E-state index in [0.29, 0.717) is 5.75 Å². The Morgan fingerprint density at radius 3 is 2.40 bits per heavy atom. The normalized spacial score (nSPS) is 13.7. The van der Waals surface area contributed by atoms with Gasteiger partial charge in [-0.15, -0.1) is 0 Å². The van der Waals surface area contributed by atoms with Crippen LogP contribution < -0.4 is 4.74 Å². The molecule has 7 heteroatoms. The summed E-state index contributed by atoms with van der Waals surface area (Å²) in [6.45, 7) is 4.86. The van der Waals surface area contributed by atoms with E-state index in [1.54, 1.807) is 0 Å². The molecule has 0 amide bonds. The molecule has 4 rings (SSSR count). The average molecular weight is 443 g/mol. The summed E-state index contributed by atoms with van der Waals surface area (Å²) in [5.74, 6) is 0.832. The van der Waals surface area contributed by atoms with Crippen molar-refractivity contribution >= 4 is 28.9 Å². The van der Waals surface area contributed by atoms with Crippen LogP contribution in [-0.4, -0.2) is 16.4 Å². The second-order valence-electron chi connectivity index (χ2n) is 7.47. The topological polar surface area (TPSA) is 55.6 Å². The maximum absolute atomic E-state index is 10.9. The predicted molar refractivity (Wildman–Crippen MR) is 119 cm³/mol. The fraction of sp³-hybridized carbons (Fsp3) is 0.217. The number of nitro groups is 1. The fourth-order valence-electron chi connectivity index (χ4n) is 3.61. The minimum atomic E-state index is -0.539. The van der Waals surface area contributed by atoms with Gasteiger partial charge in [0.15, 0.2) is 5.75 Å². The van der Waals surface area contributed by atoms with Crippen LogP contribution >= 0.6 is 23.2 Å². The summed E-state index contributed by atoms with van der Waals surface area (Å²) >= 11 is 12.3. The molecule has 0 aliphatic carbocycles. The summed E-state index contributed by atoms with van der Waals surface area (Å²) in [7, 11) is 0. The number of nitrogens with zero attached hydrogens (tertiary/aromatic N) is 2. The molecule has 0 aromatic heterocycles. The maximum atomic E-state index is 10.9. The van der Waals surface area contributed by atoms with E-state index in [4.69, 9.17) is 27.9 Å². The molecule has 1 heterocycles. The van der Waals surface area contributed by atoms with Crippen molar-refractivity contribution in [3.05, 3.63) is 97.0 Å². The van der Waals surface area contributed by atoms with Crippen LogP contribution in [0.1, 0.15) is 22.3 Å². The Kier molecular flexibility index (Phi) is 5.95. The van der Waals surface area contributed by atoms with E-state index in [9.17, 15) is 10.1 Å². The van der Waals surface area contributed by atoms with Gasteiger partial charge in [0.2, 0.25) is 0 Å². The molecule has 0 atom stereocenters. The van der Waals surface area contributed by atoms with E-state index in [2.05, 4.69) is 42.2 Å². The standard InChI is InChI=1S/C23H20Cl2N2O3/c1-15-2-4-16(5-3-15)13-26-9-8-17-10-20(7-6-18(17)14-26)30-23-21(24)11-19(27(28)29)12-22(23)25/h2-7,10-12H,8-9,13-14H2,1H3. The molecule has 5 nitrogen and oxygen atoms in total. The summed E-state index contributed by atoms with van der Waals surface area (Å²) in [5, 5.41) is 11.2. The lowest BCUT2D eigenvalue weighted by atomic mass is 9.99. The lowest BCUT2D eigenvalue weighted by molar-refractivity contribution is -0.384. The first kappa shape index (κ1) is 20.7. The number of fused-ring (bicyclic) bond motifs is 1. The first-order valence-electron chi connectivity index (χ1n) is 9.60. The van der Waals surface area contributed by atoms with Crippen LogP contribution in [0.2, 0.25) is 10.0 Å². The van der Waals surface area contributed by atoms with Crippen molar-refractivity contribution < 1.29 is 9.66 Å². The third-order valence-electron chi connectivity index (χ3n) is 5.21. The Hall–Kier alpha value is -2.60. The number of benzene rings is 3. The molecule has 3 aromatic carbocycles. The zero-order valence-corrected chi connectivity index (χ0v) is 17.9. The minimum absolute atomic E-state index is 0.108. The number of hydrogen-bond acceptors (Lipinski definition) is 4. The Bertz CT molecular complexity index is 1080. The molecule has 0 fully saturated rings. The number of halogens is 2. The summed E-state index contributed by atoms with van der Waals surface area (Å²) in [5.41, 5.74) is 4.90. The predicted octanol–water partition coefficient (Wildman–Crippen LogP) is 6.56. The number of ether oxygens (including phenoxy) is 1. The zero-order chi connectivity index (χ0) is 21.3. The SMILES string of the molecule is Cc1ccc(CN2CCc3cc(Oc4c(Cl)cc([N+](=O)[O-])cc4Cl)ccc3C2)cc1. The number of rotatable bonds is 5. The smallest absolute Gasteiger partial charge is 0.272 e. The van der Waals surface area contributed by atoms with Crippen molar-refractivity contribution in [2.75, 3.05) is 6.54 Å². The highest BCUT2D eigenvalue weighted by molar-refractivity contribution is 6.37. The van der Waals surface area contributed by atoms with E-state index >= 15 is 0 Å². The summed E-state index contributed by atoms with van der Waals surface area (Å²) in [6.07, 6.45) is 0.917. The first-order chi connectivity index (χ1) is 14.4. The van der Waals surface area contributed by atoms with Crippen LogP contribution in [0.15, 0.2) is 54.6 Å². The molecule has 154 valence electrons. The first-order valence-corrected chi connectivity index (χ1v) is 10.4. The minimum Gasteiger partial charge on any atom is -0.454 e. The molecule has 0 spiro atoms. The van der Waals surface area contributed by atoms with Gasteiger partial charge in [-0.25, -0.2) is 0 Å². The summed E-state index contributed by atoms with van der Waals surface area (Å²) in [4.78, 5) is 12.8. The molecule has 0 radical (unpaired) electrons. The molecule has 1 aliphatic heterocycles. The van der Waals surface area contributed by atoms with Gasteiger partial charge < -0.3 is 4.74 Å². The van der Waals surface area contributed by atoms with E-state index in [1.165, 1.54) is 34.4 Å². The fourth-order valence-corrected chi connectivity index (χ4v) is 4.16. The van der Waals surface area contributed by atoms with Crippen LogP contribution in [0.5, 0.6) is 11.5 Å². The second-order valence-corrected chi connectivity index (χ2v) is 8.29. The maximum Gasteiger partial charge on any atom is 0.272 e. The van der Waals surface area contributed by atoms with E-state index in [-0.39, 0.29) is 21.5 Å². The highest BCUT2D eigenvalue weighted by Crippen LogP contribution is 2.40. The third kappa shape index (κ3) is 4.59. The van der Waals surface area contributed by atoms with Crippen LogP contribution in [0.4, 0.5) is 5.69 Å². The number of non-ortho nitro benzene ring substituents is 1. The molecular weight excluding hydrogens is 423 g/mol. The average Bonchev–Trinajstić information content (AvgIpc) is 2.72. The van der Waals surface area contributed by atoms with E-state index in [1.807, 2.05) is 12.1 Å². The highest BCUT2D eigenvalue weighted by atomic mass is 35.5. The van der Waals surface area contributed by atoms with Gasteiger partial charge in [0, 0.05) is 31.8 Å². The van der Waals surface area contributed by atoms with Gasteiger partial charge in [-0.2, -0.15) is 0 Å². The summed E-state index contributed by atoms with van der Waals surface area (Å²) in [6, 6.07) is 17.1. The van der Waals surface area contributed by atoms with Crippen molar-refractivity contribution in [3.8, 4) is 11.5 Å². The Morgan fingerprint density at radius 2 is 1.73 bits per heavy atom. The molecule has 0 unspecified atom stereocenters. The lowest BCUT2D eigenvalue weighted by Gasteiger charge is -2.29.